The lowest BCUT2D eigenvalue weighted by molar-refractivity contribution is -0.151. The van der Waals surface area contributed by atoms with E-state index in [1.807, 2.05) is 0 Å². The summed E-state index contributed by atoms with van der Waals surface area (Å²) in [5.74, 6) is 0.304. The molecular weight excluding hydrogens is 166 g/mol. The van der Waals surface area contributed by atoms with Crippen LogP contribution in [-0.4, -0.2) is 22.3 Å². The summed E-state index contributed by atoms with van der Waals surface area (Å²) in [5.41, 5.74) is 0.519. The number of hydrogen-bond acceptors (Lipinski definition) is 2. The molecule has 3 heteroatoms. The Morgan fingerprint density at radius 2 is 2.38 bits per heavy atom. The summed E-state index contributed by atoms with van der Waals surface area (Å²) in [5, 5.41) is 9.14. The van der Waals surface area contributed by atoms with E-state index < -0.39 is 11.5 Å². The van der Waals surface area contributed by atoms with Gasteiger partial charge in [-0.15, -0.1) is 0 Å². The second-order valence-electron chi connectivity index (χ2n) is 4.54. The van der Waals surface area contributed by atoms with Crippen molar-refractivity contribution in [2.75, 3.05) is 0 Å². The molecule has 3 nitrogen and oxygen atoms in total. The molecule has 13 heavy (non-hydrogen) atoms. The van der Waals surface area contributed by atoms with Crippen LogP contribution < -0.4 is 0 Å². The number of aliphatic carboxylic acids is 1. The average molecular weight is 179 g/mol. The topological polar surface area (TPSA) is 49.7 Å². The summed E-state index contributed by atoms with van der Waals surface area (Å²) in [6, 6.07) is 0. The van der Waals surface area contributed by atoms with Crippen LogP contribution in [0.3, 0.4) is 0 Å². The molecule has 3 aliphatic rings. The third-order valence-corrected chi connectivity index (χ3v) is 4.05. The minimum absolute atomic E-state index is 0.346. The molecule has 3 atom stereocenters. The molecule has 70 valence electrons. The normalized spacial score (nSPS) is 46.3. The zero-order valence-electron chi connectivity index (χ0n) is 7.49. The number of carbonyl (C=O) groups is 1. The van der Waals surface area contributed by atoms with E-state index in [4.69, 9.17) is 5.11 Å². The standard InChI is InChI=1S/C10H13NO2/c12-9(13)10-4-3-7(10)5-6-1-2-8(6)11-10/h6-7H,1-5H2,(H,12,13). The highest BCUT2D eigenvalue weighted by Gasteiger charge is 2.57. The molecule has 3 unspecified atom stereocenters. The predicted octanol–water partition coefficient (Wildman–Crippen LogP) is 1.47. The van der Waals surface area contributed by atoms with Crippen LogP contribution in [0.15, 0.2) is 4.99 Å². The number of carboxylic acid groups (broad SMARTS) is 1. The Labute approximate surface area is 76.9 Å². The highest BCUT2D eigenvalue weighted by Crippen LogP contribution is 2.52. The molecule has 0 radical (unpaired) electrons. The average Bonchev–Trinajstić information content (AvgIpc) is 1.99. The van der Waals surface area contributed by atoms with Crippen molar-refractivity contribution in [3.63, 3.8) is 0 Å². The van der Waals surface area contributed by atoms with E-state index in [0.29, 0.717) is 11.8 Å². The van der Waals surface area contributed by atoms with Crippen LogP contribution in [0.4, 0.5) is 0 Å². The number of carboxylic acids is 1. The van der Waals surface area contributed by atoms with E-state index in [1.54, 1.807) is 0 Å². The molecule has 1 aliphatic heterocycles. The van der Waals surface area contributed by atoms with Crippen molar-refractivity contribution in [1.29, 1.82) is 0 Å². The third kappa shape index (κ3) is 0.754. The van der Waals surface area contributed by atoms with Gasteiger partial charge in [0.15, 0.2) is 5.54 Å². The fourth-order valence-electron chi connectivity index (χ4n) is 2.89. The highest BCUT2D eigenvalue weighted by atomic mass is 16.4. The molecule has 0 aromatic carbocycles. The van der Waals surface area contributed by atoms with Gasteiger partial charge in [0.2, 0.25) is 0 Å². The van der Waals surface area contributed by atoms with Crippen LogP contribution in [0, 0.1) is 11.8 Å². The lowest BCUT2D eigenvalue weighted by Crippen LogP contribution is -2.57. The Morgan fingerprint density at radius 1 is 1.54 bits per heavy atom. The van der Waals surface area contributed by atoms with Gasteiger partial charge in [0.05, 0.1) is 0 Å². The number of rotatable bonds is 1. The molecule has 0 aromatic rings. The zero-order valence-corrected chi connectivity index (χ0v) is 7.49. The number of hydrogen-bond donors (Lipinski definition) is 1. The van der Waals surface area contributed by atoms with E-state index in [1.165, 1.54) is 12.1 Å². The smallest absolute Gasteiger partial charge is 0.331 e. The molecule has 2 fully saturated rings. The zero-order chi connectivity index (χ0) is 9.05. The van der Waals surface area contributed by atoms with Gasteiger partial charge in [-0.05, 0) is 43.9 Å². The van der Waals surface area contributed by atoms with Crippen molar-refractivity contribution in [3.8, 4) is 0 Å². The van der Waals surface area contributed by atoms with Crippen LogP contribution >= 0.6 is 0 Å². The SMILES string of the molecule is O=C(O)C12CCC1CC1CCC1=N2. The van der Waals surface area contributed by atoms with Crippen molar-refractivity contribution in [2.45, 2.75) is 37.6 Å². The molecule has 3 rings (SSSR count). The Kier molecular flexibility index (Phi) is 1.24. The van der Waals surface area contributed by atoms with E-state index >= 15 is 0 Å². The van der Waals surface area contributed by atoms with Crippen LogP contribution in [0.25, 0.3) is 0 Å². The lowest BCUT2D eigenvalue weighted by atomic mass is 9.58. The quantitative estimate of drug-likeness (QED) is 0.662. The fourth-order valence-corrected chi connectivity index (χ4v) is 2.89. The second kappa shape index (κ2) is 2.14. The first-order chi connectivity index (χ1) is 6.22. The fraction of sp³-hybridized carbons (Fsp3) is 0.800. The molecule has 0 amide bonds. The maximum absolute atomic E-state index is 11.1. The van der Waals surface area contributed by atoms with Gasteiger partial charge < -0.3 is 5.11 Å². The summed E-state index contributed by atoms with van der Waals surface area (Å²) in [7, 11) is 0. The van der Waals surface area contributed by atoms with Crippen LogP contribution in [-0.2, 0) is 4.79 Å². The largest absolute Gasteiger partial charge is 0.479 e. The van der Waals surface area contributed by atoms with Gasteiger partial charge in [-0.2, -0.15) is 0 Å². The van der Waals surface area contributed by atoms with Gasteiger partial charge in [-0.25, -0.2) is 4.79 Å². The number of nitrogens with zero attached hydrogens (tertiary/aromatic N) is 1. The molecule has 1 N–H and O–H groups in total. The van der Waals surface area contributed by atoms with Gasteiger partial charge in [0.25, 0.3) is 0 Å². The number of fused-ring (bicyclic) bond motifs is 2. The Morgan fingerprint density at radius 3 is 2.85 bits per heavy atom. The molecule has 0 saturated heterocycles. The molecule has 0 bridgehead atoms. The predicted molar refractivity (Wildman–Crippen MR) is 47.9 cm³/mol. The summed E-state index contributed by atoms with van der Waals surface area (Å²) < 4.78 is 0. The minimum Gasteiger partial charge on any atom is -0.479 e. The first kappa shape index (κ1) is 7.54. The Hall–Kier alpha value is -0.860. The van der Waals surface area contributed by atoms with Crippen LogP contribution in [0.1, 0.15) is 32.1 Å². The minimum atomic E-state index is -0.693. The summed E-state index contributed by atoms with van der Waals surface area (Å²) in [6.07, 6.45) is 5.21. The van der Waals surface area contributed by atoms with E-state index in [-0.39, 0.29) is 0 Å². The second-order valence-corrected chi connectivity index (χ2v) is 4.54. The summed E-state index contributed by atoms with van der Waals surface area (Å²) in [4.78, 5) is 15.6. The third-order valence-electron chi connectivity index (χ3n) is 4.05. The van der Waals surface area contributed by atoms with Gasteiger partial charge in [0.1, 0.15) is 0 Å². The monoisotopic (exact) mass is 179 g/mol. The van der Waals surface area contributed by atoms with Gasteiger partial charge >= 0.3 is 5.97 Å². The number of aliphatic imine (C=N–C) groups is 1. The van der Waals surface area contributed by atoms with Crippen LogP contribution in [0.5, 0.6) is 0 Å². The Bertz CT molecular complexity index is 310. The molecule has 2 aliphatic carbocycles. The van der Waals surface area contributed by atoms with E-state index in [9.17, 15) is 4.79 Å². The van der Waals surface area contributed by atoms with Crippen molar-refractivity contribution in [1.82, 2.24) is 0 Å². The van der Waals surface area contributed by atoms with Crippen molar-refractivity contribution < 1.29 is 9.90 Å². The first-order valence-corrected chi connectivity index (χ1v) is 5.04. The molecule has 1 heterocycles. The van der Waals surface area contributed by atoms with Crippen molar-refractivity contribution >= 4 is 11.7 Å². The maximum atomic E-state index is 11.1. The highest BCUT2D eigenvalue weighted by molar-refractivity contribution is 5.96. The molecule has 2 saturated carbocycles. The van der Waals surface area contributed by atoms with Crippen LogP contribution in [0.2, 0.25) is 0 Å². The maximum Gasteiger partial charge on any atom is 0.331 e. The van der Waals surface area contributed by atoms with Gasteiger partial charge in [-0.1, -0.05) is 0 Å². The van der Waals surface area contributed by atoms with E-state index in [2.05, 4.69) is 4.99 Å². The molecular formula is C10H13NO2. The Balaban J connectivity index is 1.99. The van der Waals surface area contributed by atoms with Crippen molar-refractivity contribution in [3.05, 3.63) is 0 Å². The lowest BCUT2D eigenvalue weighted by Gasteiger charge is -2.51. The van der Waals surface area contributed by atoms with E-state index in [0.717, 1.165) is 25.7 Å². The molecule has 0 aromatic heterocycles. The summed E-state index contributed by atoms with van der Waals surface area (Å²) >= 11 is 0. The van der Waals surface area contributed by atoms with Crippen molar-refractivity contribution in [2.24, 2.45) is 16.8 Å². The molecule has 0 spiro atoms. The summed E-state index contributed by atoms with van der Waals surface area (Å²) in [6.45, 7) is 0. The van der Waals surface area contributed by atoms with Gasteiger partial charge in [-0.3, -0.25) is 4.99 Å². The first-order valence-electron chi connectivity index (χ1n) is 5.04. The van der Waals surface area contributed by atoms with Gasteiger partial charge in [0, 0.05) is 5.71 Å².